The van der Waals surface area contributed by atoms with E-state index in [0.29, 0.717) is 0 Å². The lowest BCUT2D eigenvalue weighted by molar-refractivity contribution is 0.148. The summed E-state index contributed by atoms with van der Waals surface area (Å²) < 4.78 is 2.23. The van der Waals surface area contributed by atoms with E-state index in [1.54, 1.807) is 0 Å². The van der Waals surface area contributed by atoms with E-state index in [4.69, 9.17) is 0 Å². The zero-order chi connectivity index (χ0) is 15.6. The Morgan fingerprint density at radius 1 is 1.32 bits per heavy atom. The number of hydrogen-bond acceptors (Lipinski definition) is 2. The highest BCUT2D eigenvalue weighted by Crippen LogP contribution is 2.58. The zero-order valence-electron chi connectivity index (χ0n) is 13.7. The molecule has 1 saturated carbocycles. The lowest BCUT2D eigenvalue weighted by Crippen LogP contribution is -2.24. The van der Waals surface area contributed by atoms with Crippen LogP contribution in [-0.2, 0) is 0 Å². The summed E-state index contributed by atoms with van der Waals surface area (Å²) in [4.78, 5) is 4.24. The number of nitrogens with zero attached hydrogens (tertiary/aromatic N) is 2. The van der Waals surface area contributed by atoms with Gasteiger partial charge >= 0.3 is 0 Å². The highest BCUT2D eigenvalue weighted by molar-refractivity contribution is 8.37. The third-order valence-corrected chi connectivity index (χ3v) is 8.16. The van der Waals surface area contributed by atoms with Crippen molar-refractivity contribution < 1.29 is 5.11 Å². The molecule has 1 fully saturated rings. The van der Waals surface area contributed by atoms with Crippen LogP contribution in [0, 0.1) is 11.8 Å². The molecule has 1 aromatic heterocycles. The van der Waals surface area contributed by atoms with E-state index < -0.39 is 10.2 Å². The van der Waals surface area contributed by atoms with Crippen molar-refractivity contribution in [2.24, 2.45) is 11.8 Å². The number of aromatic nitrogens is 2. The van der Waals surface area contributed by atoms with E-state index in [0.717, 1.165) is 11.7 Å². The molecule has 0 aromatic carbocycles. The van der Waals surface area contributed by atoms with Crippen molar-refractivity contribution in [3.05, 3.63) is 41.2 Å². The first-order valence-electron chi connectivity index (χ1n) is 8.48. The summed E-state index contributed by atoms with van der Waals surface area (Å²) >= 11 is 0. The maximum atomic E-state index is 10.5. The third-order valence-electron chi connectivity index (χ3n) is 4.99. The van der Waals surface area contributed by atoms with Gasteiger partial charge < -0.3 is 5.11 Å². The lowest BCUT2D eigenvalue weighted by atomic mass is 9.84. The van der Waals surface area contributed by atoms with Crippen LogP contribution in [-0.4, -0.2) is 25.9 Å². The van der Waals surface area contributed by atoms with E-state index >= 15 is 0 Å². The summed E-state index contributed by atoms with van der Waals surface area (Å²) in [5, 5.41) is 15.3. The van der Waals surface area contributed by atoms with Gasteiger partial charge in [-0.15, -0.1) is 10.2 Å². The van der Waals surface area contributed by atoms with Crippen molar-refractivity contribution in [1.82, 2.24) is 8.96 Å². The van der Waals surface area contributed by atoms with Gasteiger partial charge in [-0.2, -0.15) is 0 Å². The van der Waals surface area contributed by atoms with Gasteiger partial charge in [0.05, 0.1) is 6.10 Å². The molecule has 4 heteroatoms. The normalized spacial score (nSPS) is 30.3. The summed E-state index contributed by atoms with van der Waals surface area (Å²) in [7, 11) is -1.28. The van der Waals surface area contributed by atoms with Crippen LogP contribution in [0.15, 0.2) is 41.2 Å². The molecule has 1 aromatic rings. The minimum Gasteiger partial charge on any atom is -0.392 e. The van der Waals surface area contributed by atoms with Crippen molar-refractivity contribution in [3.63, 3.8) is 0 Å². The second kappa shape index (κ2) is 6.63. The molecular formula is C18H28N2OS. The number of allylic oxidation sites excluding steroid dienone is 2. The number of rotatable bonds is 5. The first-order chi connectivity index (χ1) is 10.6. The van der Waals surface area contributed by atoms with E-state index in [2.05, 4.69) is 39.7 Å². The molecule has 0 spiro atoms. The molecule has 3 nitrogen and oxygen atoms in total. The minimum absolute atomic E-state index is 0.274. The minimum atomic E-state index is -1.28. The van der Waals surface area contributed by atoms with E-state index in [-0.39, 0.29) is 12.0 Å². The number of aliphatic hydroxyl groups is 1. The average molecular weight is 321 g/mol. The van der Waals surface area contributed by atoms with Gasteiger partial charge in [-0.3, -0.25) is 3.97 Å². The second-order valence-corrected chi connectivity index (χ2v) is 9.85. The maximum Gasteiger partial charge on any atom is 0.104 e. The molecule has 1 aliphatic carbocycles. The van der Waals surface area contributed by atoms with Gasteiger partial charge in [0.1, 0.15) is 6.33 Å². The van der Waals surface area contributed by atoms with Gasteiger partial charge in [0.2, 0.25) is 0 Å². The molecule has 2 atom stereocenters. The molecule has 0 saturated heterocycles. The van der Waals surface area contributed by atoms with Crippen LogP contribution in [0.1, 0.15) is 46.0 Å². The number of imidazole rings is 1. The van der Waals surface area contributed by atoms with Gasteiger partial charge in [-0.25, -0.2) is 4.98 Å². The molecule has 1 N–H and O–H groups in total. The van der Waals surface area contributed by atoms with Crippen LogP contribution in [0.3, 0.4) is 0 Å². The molecule has 3 rings (SSSR count). The molecule has 1 aliphatic heterocycles. The van der Waals surface area contributed by atoms with Crippen LogP contribution in [0.4, 0.5) is 0 Å². The molecule has 2 heterocycles. The highest BCUT2D eigenvalue weighted by Gasteiger charge is 2.31. The monoisotopic (exact) mass is 320 g/mol. The molecule has 22 heavy (non-hydrogen) atoms. The average Bonchev–Trinajstić information content (AvgIpc) is 3.18. The van der Waals surface area contributed by atoms with Crippen LogP contribution >= 0.6 is 10.2 Å². The topological polar surface area (TPSA) is 38.0 Å². The Morgan fingerprint density at radius 2 is 2.09 bits per heavy atom. The second-order valence-electron chi connectivity index (χ2n) is 6.97. The Morgan fingerprint density at radius 3 is 2.73 bits per heavy atom. The standard InChI is InChI=1S/C18H28N2OS/c1-15(2)18(21)13-22(20-10-9-19-14-20)11-8-17(12-22)16-6-4-3-5-7-16/h8-12,14-16,18,21H,3-7,13H2,1-2H3. The molecule has 2 unspecified atom stereocenters. The lowest BCUT2D eigenvalue weighted by Gasteiger charge is -2.36. The van der Waals surface area contributed by atoms with Gasteiger partial charge in [0, 0.05) is 18.1 Å². The molecule has 122 valence electrons. The fraction of sp³-hybridized carbons (Fsp3) is 0.611. The Labute approximate surface area is 135 Å². The molecule has 0 radical (unpaired) electrons. The van der Waals surface area contributed by atoms with E-state index in [1.807, 2.05) is 18.7 Å². The fourth-order valence-corrected chi connectivity index (χ4v) is 6.71. The zero-order valence-corrected chi connectivity index (χ0v) is 14.5. The largest absolute Gasteiger partial charge is 0.392 e. The smallest absolute Gasteiger partial charge is 0.104 e. The molecular weight excluding hydrogens is 292 g/mol. The molecule has 0 amide bonds. The molecule has 0 bridgehead atoms. The SMILES string of the molecule is CC(C)C(O)CS1(n2ccnc2)C=CC(C2CCCCC2)=C1. The van der Waals surface area contributed by atoms with Gasteiger partial charge in [-0.05, 0) is 41.1 Å². The van der Waals surface area contributed by atoms with Crippen LogP contribution in [0.25, 0.3) is 0 Å². The Kier molecular flexibility index (Phi) is 4.79. The van der Waals surface area contributed by atoms with Crippen LogP contribution in [0.5, 0.6) is 0 Å². The summed E-state index contributed by atoms with van der Waals surface area (Å²) in [5.41, 5.74) is 1.50. The van der Waals surface area contributed by atoms with Gasteiger partial charge in [0.25, 0.3) is 0 Å². The summed E-state index contributed by atoms with van der Waals surface area (Å²) in [6, 6.07) is 0. The van der Waals surface area contributed by atoms with E-state index in [1.165, 1.54) is 37.7 Å². The van der Waals surface area contributed by atoms with Gasteiger partial charge in [0.15, 0.2) is 0 Å². The highest BCUT2D eigenvalue weighted by atomic mass is 32.3. The Balaban J connectivity index is 1.87. The number of hydrogen-bond donors (Lipinski definition) is 1. The van der Waals surface area contributed by atoms with Crippen molar-refractivity contribution in [3.8, 4) is 0 Å². The summed E-state index contributed by atoms with van der Waals surface area (Å²) in [5.74, 6) is 1.81. The Bertz CT molecular complexity index is 543. The maximum absolute atomic E-state index is 10.5. The summed E-state index contributed by atoms with van der Waals surface area (Å²) in [6.45, 7) is 4.19. The predicted octanol–water partition coefficient (Wildman–Crippen LogP) is 4.46. The third kappa shape index (κ3) is 3.18. The first kappa shape index (κ1) is 15.9. The first-order valence-corrected chi connectivity index (χ1v) is 10.4. The van der Waals surface area contributed by atoms with Crippen molar-refractivity contribution in [2.75, 3.05) is 5.75 Å². The van der Waals surface area contributed by atoms with Crippen molar-refractivity contribution in [1.29, 1.82) is 0 Å². The quantitative estimate of drug-likeness (QED) is 0.870. The molecule has 2 aliphatic rings. The van der Waals surface area contributed by atoms with Gasteiger partial charge in [-0.1, -0.05) is 39.2 Å². The van der Waals surface area contributed by atoms with Crippen LogP contribution < -0.4 is 0 Å². The summed E-state index contributed by atoms with van der Waals surface area (Å²) in [6.07, 6.45) is 14.6. The van der Waals surface area contributed by atoms with Crippen LogP contribution in [0.2, 0.25) is 0 Å². The predicted molar refractivity (Wildman–Crippen MR) is 94.7 cm³/mol. The van der Waals surface area contributed by atoms with E-state index in [9.17, 15) is 5.11 Å². The van der Waals surface area contributed by atoms with Crippen molar-refractivity contribution >= 4 is 10.2 Å². The van der Waals surface area contributed by atoms with Crippen molar-refractivity contribution in [2.45, 2.75) is 52.1 Å². The number of aliphatic hydroxyl groups excluding tert-OH is 1. The Hall–Kier alpha value is -1.00. The fourth-order valence-electron chi connectivity index (χ4n) is 3.41.